The van der Waals surface area contributed by atoms with Gasteiger partial charge in [0.25, 0.3) is 0 Å². The fraction of sp³-hybridized carbons (Fsp3) is 0.700. The van der Waals surface area contributed by atoms with Crippen molar-refractivity contribution in [3.8, 4) is 0 Å². The van der Waals surface area contributed by atoms with Crippen molar-refractivity contribution in [3.05, 3.63) is 12.7 Å². The Morgan fingerprint density at radius 2 is 2.31 bits per heavy atom. The molecule has 1 saturated carbocycles. The first-order chi connectivity index (χ1) is 6.16. The lowest BCUT2D eigenvalue weighted by molar-refractivity contribution is -0.144. The SMILES string of the molecule is C=CC[C@@H](C(=O)O)[C@H]1CCC[C@@H]1O. The maximum absolute atomic E-state index is 10.9. The summed E-state index contributed by atoms with van der Waals surface area (Å²) in [6.45, 7) is 3.53. The van der Waals surface area contributed by atoms with Crippen molar-refractivity contribution >= 4 is 5.97 Å². The molecule has 1 fully saturated rings. The highest BCUT2D eigenvalue weighted by molar-refractivity contribution is 5.70. The molecule has 1 aliphatic carbocycles. The Labute approximate surface area is 78.1 Å². The summed E-state index contributed by atoms with van der Waals surface area (Å²) in [5.74, 6) is -1.34. The molecule has 74 valence electrons. The lowest BCUT2D eigenvalue weighted by Crippen LogP contribution is -2.28. The summed E-state index contributed by atoms with van der Waals surface area (Å²) in [5, 5.41) is 18.5. The van der Waals surface area contributed by atoms with Crippen molar-refractivity contribution in [2.75, 3.05) is 0 Å². The number of allylic oxidation sites excluding steroid dienone is 1. The highest BCUT2D eigenvalue weighted by atomic mass is 16.4. The third kappa shape index (κ3) is 2.31. The van der Waals surface area contributed by atoms with Gasteiger partial charge in [-0.1, -0.05) is 12.5 Å². The zero-order valence-corrected chi connectivity index (χ0v) is 7.65. The molecule has 0 spiro atoms. The molecule has 0 heterocycles. The van der Waals surface area contributed by atoms with E-state index in [1.54, 1.807) is 6.08 Å². The van der Waals surface area contributed by atoms with Gasteiger partial charge in [0.05, 0.1) is 12.0 Å². The van der Waals surface area contributed by atoms with E-state index in [2.05, 4.69) is 6.58 Å². The Kier molecular flexibility index (Phi) is 3.48. The average molecular weight is 184 g/mol. The first-order valence-electron chi connectivity index (χ1n) is 4.68. The van der Waals surface area contributed by atoms with Crippen LogP contribution in [0, 0.1) is 11.8 Å². The Balaban J connectivity index is 2.62. The molecule has 0 radical (unpaired) electrons. The van der Waals surface area contributed by atoms with Gasteiger partial charge in [0.1, 0.15) is 0 Å². The van der Waals surface area contributed by atoms with Gasteiger partial charge in [-0.2, -0.15) is 0 Å². The predicted octanol–water partition coefficient (Wildman–Crippen LogP) is 1.42. The topological polar surface area (TPSA) is 57.5 Å². The Bertz CT molecular complexity index is 200. The second-order valence-corrected chi connectivity index (χ2v) is 3.63. The van der Waals surface area contributed by atoms with Crippen LogP contribution < -0.4 is 0 Å². The van der Waals surface area contributed by atoms with E-state index in [9.17, 15) is 9.90 Å². The minimum Gasteiger partial charge on any atom is -0.481 e. The third-order valence-corrected chi connectivity index (χ3v) is 2.79. The van der Waals surface area contributed by atoms with Crippen LogP contribution in [0.2, 0.25) is 0 Å². The highest BCUT2D eigenvalue weighted by Crippen LogP contribution is 2.33. The number of carbonyl (C=O) groups is 1. The van der Waals surface area contributed by atoms with Crippen LogP contribution in [0.1, 0.15) is 25.7 Å². The van der Waals surface area contributed by atoms with E-state index in [0.717, 1.165) is 19.3 Å². The lowest BCUT2D eigenvalue weighted by Gasteiger charge is -2.20. The summed E-state index contributed by atoms with van der Waals surface area (Å²) in [6, 6.07) is 0. The van der Waals surface area contributed by atoms with Gasteiger partial charge in [0.2, 0.25) is 0 Å². The number of rotatable bonds is 4. The monoisotopic (exact) mass is 184 g/mol. The second kappa shape index (κ2) is 4.42. The molecule has 0 unspecified atom stereocenters. The number of hydrogen-bond donors (Lipinski definition) is 2. The molecule has 1 aliphatic rings. The zero-order valence-electron chi connectivity index (χ0n) is 7.65. The number of hydrogen-bond acceptors (Lipinski definition) is 2. The maximum atomic E-state index is 10.9. The van der Waals surface area contributed by atoms with E-state index in [-0.39, 0.29) is 5.92 Å². The molecular weight excluding hydrogens is 168 g/mol. The Hall–Kier alpha value is -0.830. The van der Waals surface area contributed by atoms with Gasteiger partial charge in [0, 0.05) is 0 Å². The minimum absolute atomic E-state index is 0.0736. The van der Waals surface area contributed by atoms with Crippen molar-refractivity contribution in [3.63, 3.8) is 0 Å². The van der Waals surface area contributed by atoms with Crippen LogP contribution in [0.3, 0.4) is 0 Å². The van der Waals surface area contributed by atoms with Crippen molar-refractivity contribution in [2.45, 2.75) is 31.8 Å². The van der Waals surface area contributed by atoms with Crippen molar-refractivity contribution < 1.29 is 15.0 Å². The second-order valence-electron chi connectivity index (χ2n) is 3.63. The molecule has 0 amide bonds. The molecule has 3 nitrogen and oxygen atoms in total. The number of carboxylic acid groups (broad SMARTS) is 1. The van der Waals surface area contributed by atoms with E-state index in [1.165, 1.54) is 0 Å². The summed E-state index contributed by atoms with van der Waals surface area (Å²) in [6.07, 6.45) is 4.15. The molecule has 0 saturated heterocycles. The van der Waals surface area contributed by atoms with E-state index in [0.29, 0.717) is 6.42 Å². The molecule has 3 heteroatoms. The largest absolute Gasteiger partial charge is 0.481 e. The summed E-state index contributed by atoms with van der Waals surface area (Å²) < 4.78 is 0. The summed E-state index contributed by atoms with van der Waals surface area (Å²) in [4.78, 5) is 10.9. The van der Waals surface area contributed by atoms with Gasteiger partial charge >= 0.3 is 5.97 Å². The number of aliphatic carboxylic acids is 1. The molecule has 0 aromatic carbocycles. The van der Waals surface area contributed by atoms with Crippen LogP contribution in [0.15, 0.2) is 12.7 Å². The zero-order chi connectivity index (χ0) is 9.84. The maximum Gasteiger partial charge on any atom is 0.307 e. The van der Waals surface area contributed by atoms with Crippen LogP contribution in [0.5, 0.6) is 0 Å². The smallest absolute Gasteiger partial charge is 0.307 e. The molecule has 3 atom stereocenters. The Morgan fingerprint density at radius 3 is 2.69 bits per heavy atom. The normalized spacial score (nSPS) is 29.9. The van der Waals surface area contributed by atoms with Crippen molar-refractivity contribution in [2.24, 2.45) is 11.8 Å². The van der Waals surface area contributed by atoms with Crippen LogP contribution >= 0.6 is 0 Å². The number of aliphatic hydroxyl groups is 1. The lowest BCUT2D eigenvalue weighted by atomic mass is 9.87. The molecule has 0 aromatic heterocycles. The highest BCUT2D eigenvalue weighted by Gasteiger charge is 2.35. The summed E-state index contributed by atoms with van der Waals surface area (Å²) >= 11 is 0. The number of carboxylic acids is 1. The van der Waals surface area contributed by atoms with E-state index < -0.39 is 18.0 Å². The first-order valence-corrected chi connectivity index (χ1v) is 4.68. The molecular formula is C10H16O3. The molecule has 0 aromatic rings. The standard InChI is InChI=1S/C10H16O3/c1-2-4-8(10(12)13)7-5-3-6-9(7)11/h2,7-9,11H,1,3-6H2,(H,12,13)/t7-,8-,9+/m1/s1. The van der Waals surface area contributed by atoms with Gasteiger partial charge < -0.3 is 10.2 Å². The summed E-state index contributed by atoms with van der Waals surface area (Å²) in [7, 11) is 0. The van der Waals surface area contributed by atoms with Crippen LogP contribution in [-0.4, -0.2) is 22.3 Å². The van der Waals surface area contributed by atoms with Gasteiger partial charge in [-0.05, 0) is 25.2 Å². The van der Waals surface area contributed by atoms with Gasteiger partial charge in [0.15, 0.2) is 0 Å². The summed E-state index contributed by atoms with van der Waals surface area (Å²) in [5.41, 5.74) is 0. The van der Waals surface area contributed by atoms with Gasteiger partial charge in [-0.15, -0.1) is 6.58 Å². The van der Waals surface area contributed by atoms with Crippen LogP contribution in [-0.2, 0) is 4.79 Å². The Morgan fingerprint density at radius 1 is 1.62 bits per heavy atom. The molecule has 2 N–H and O–H groups in total. The van der Waals surface area contributed by atoms with Gasteiger partial charge in [-0.25, -0.2) is 0 Å². The van der Waals surface area contributed by atoms with E-state index in [1.807, 2.05) is 0 Å². The van der Waals surface area contributed by atoms with Crippen LogP contribution in [0.25, 0.3) is 0 Å². The minimum atomic E-state index is -0.814. The molecule has 13 heavy (non-hydrogen) atoms. The molecule has 0 bridgehead atoms. The fourth-order valence-corrected chi connectivity index (χ4v) is 2.08. The van der Waals surface area contributed by atoms with Gasteiger partial charge in [-0.3, -0.25) is 4.79 Å². The van der Waals surface area contributed by atoms with Crippen molar-refractivity contribution in [1.29, 1.82) is 0 Å². The predicted molar refractivity (Wildman–Crippen MR) is 49.3 cm³/mol. The van der Waals surface area contributed by atoms with E-state index in [4.69, 9.17) is 5.11 Å². The van der Waals surface area contributed by atoms with Crippen molar-refractivity contribution in [1.82, 2.24) is 0 Å². The van der Waals surface area contributed by atoms with Crippen LogP contribution in [0.4, 0.5) is 0 Å². The quantitative estimate of drug-likeness (QED) is 0.650. The molecule has 0 aliphatic heterocycles. The third-order valence-electron chi connectivity index (χ3n) is 2.79. The molecule has 1 rings (SSSR count). The average Bonchev–Trinajstić information content (AvgIpc) is 2.47. The van der Waals surface area contributed by atoms with E-state index >= 15 is 0 Å². The fourth-order valence-electron chi connectivity index (χ4n) is 2.08. The number of aliphatic hydroxyl groups excluding tert-OH is 1. The first kappa shape index (κ1) is 10.3.